The van der Waals surface area contributed by atoms with Gasteiger partial charge in [-0.25, -0.2) is 0 Å². The van der Waals surface area contributed by atoms with Crippen LogP contribution in [0.5, 0.6) is 0 Å². The molecule has 8 heteroatoms. The first-order chi connectivity index (χ1) is 10.8. The van der Waals surface area contributed by atoms with Crippen molar-refractivity contribution in [3.63, 3.8) is 0 Å². The van der Waals surface area contributed by atoms with Gasteiger partial charge in [0.15, 0.2) is 5.11 Å². The molecule has 23 heavy (non-hydrogen) atoms. The van der Waals surface area contributed by atoms with Crippen LogP contribution in [0.25, 0.3) is 0 Å². The summed E-state index contributed by atoms with van der Waals surface area (Å²) in [4.78, 5) is 0. The van der Waals surface area contributed by atoms with E-state index in [1.807, 2.05) is 12.1 Å². The molecule has 0 aliphatic carbocycles. The van der Waals surface area contributed by atoms with E-state index in [-0.39, 0.29) is 15.8 Å². The Balaban J connectivity index is 1.99. The molecule has 2 aromatic rings. The molecule has 0 aromatic heterocycles. The first-order valence-corrected chi connectivity index (χ1v) is 7.30. The number of halogens is 4. The van der Waals surface area contributed by atoms with Gasteiger partial charge >= 0.3 is 6.18 Å². The molecule has 2 rings (SSSR count). The van der Waals surface area contributed by atoms with Crippen molar-refractivity contribution in [1.29, 1.82) is 0 Å². The fourth-order valence-electron chi connectivity index (χ4n) is 1.81. The summed E-state index contributed by atoms with van der Waals surface area (Å²) >= 11 is 10.6. The zero-order chi connectivity index (χ0) is 17.0. The number of anilines is 2. The maximum atomic E-state index is 12.8. The minimum absolute atomic E-state index is 0.205. The third-order valence-electron chi connectivity index (χ3n) is 2.96. The fraction of sp³-hybridized carbons (Fsp3) is 0.133. The smallest absolute Gasteiger partial charge is 0.399 e. The van der Waals surface area contributed by atoms with Crippen LogP contribution in [0.4, 0.5) is 24.5 Å². The van der Waals surface area contributed by atoms with E-state index in [1.54, 1.807) is 12.1 Å². The quantitative estimate of drug-likeness (QED) is 0.560. The predicted octanol–water partition coefficient (Wildman–Crippen LogP) is 4.43. The van der Waals surface area contributed by atoms with Crippen molar-refractivity contribution in [3.05, 3.63) is 58.6 Å². The third kappa shape index (κ3) is 5.01. The van der Waals surface area contributed by atoms with E-state index in [9.17, 15) is 13.2 Å². The number of alkyl halides is 3. The second-order valence-electron chi connectivity index (χ2n) is 4.74. The first-order valence-electron chi connectivity index (χ1n) is 6.52. The minimum atomic E-state index is -4.52. The predicted molar refractivity (Wildman–Crippen MR) is 90.4 cm³/mol. The number of nitrogens with two attached hydrogens (primary N) is 1. The number of rotatable bonds is 3. The summed E-state index contributed by atoms with van der Waals surface area (Å²) in [6, 6.07) is 10.7. The van der Waals surface area contributed by atoms with Gasteiger partial charge in [-0.05, 0) is 48.1 Å². The largest absolute Gasteiger partial charge is 0.417 e. The van der Waals surface area contributed by atoms with E-state index in [2.05, 4.69) is 10.6 Å². The average Bonchev–Trinajstić information content (AvgIpc) is 2.47. The highest BCUT2D eigenvalue weighted by Crippen LogP contribution is 2.36. The summed E-state index contributed by atoms with van der Waals surface area (Å²) < 4.78 is 38.4. The monoisotopic (exact) mass is 359 g/mol. The molecule has 4 N–H and O–H groups in total. The summed E-state index contributed by atoms with van der Waals surface area (Å²) in [5.74, 6) is 0. The second-order valence-corrected chi connectivity index (χ2v) is 5.56. The van der Waals surface area contributed by atoms with E-state index in [4.69, 9.17) is 29.6 Å². The molecular weight excluding hydrogens is 347 g/mol. The molecule has 2 aromatic carbocycles. The van der Waals surface area contributed by atoms with Gasteiger partial charge in [0.05, 0.1) is 10.6 Å². The van der Waals surface area contributed by atoms with Crippen molar-refractivity contribution >= 4 is 40.3 Å². The lowest BCUT2D eigenvalue weighted by atomic mass is 10.2. The van der Waals surface area contributed by atoms with Crippen molar-refractivity contribution in [2.75, 3.05) is 11.1 Å². The molecule has 0 bridgehead atoms. The topological polar surface area (TPSA) is 50.1 Å². The highest BCUT2D eigenvalue weighted by Gasteiger charge is 2.33. The SMILES string of the molecule is Nc1ccc(CNC(=S)Nc2ccc(Cl)c(C(F)(F)F)c2)cc1. The van der Waals surface area contributed by atoms with Crippen molar-refractivity contribution in [2.45, 2.75) is 12.7 Å². The van der Waals surface area contributed by atoms with Crippen LogP contribution in [-0.2, 0) is 12.7 Å². The lowest BCUT2D eigenvalue weighted by Gasteiger charge is -2.14. The van der Waals surface area contributed by atoms with Crippen LogP contribution in [0, 0.1) is 0 Å². The van der Waals surface area contributed by atoms with E-state index in [0.29, 0.717) is 12.2 Å². The van der Waals surface area contributed by atoms with Crippen molar-refractivity contribution < 1.29 is 13.2 Å². The average molecular weight is 360 g/mol. The molecule has 0 saturated heterocycles. The molecule has 0 atom stereocenters. The summed E-state index contributed by atoms with van der Waals surface area (Å²) in [7, 11) is 0. The lowest BCUT2D eigenvalue weighted by molar-refractivity contribution is -0.137. The van der Waals surface area contributed by atoms with Gasteiger partial charge in [0.25, 0.3) is 0 Å². The molecule has 0 radical (unpaired) electrons. The van der Waals surface area contributed by atoms with Crippen molar-refractivity contribution in [3.8, 4) is 0 Å². The van der Waals surface area contributed by atoms with Gasteiger partial charge in [-0.1, -0.05) is 23.7 Å². The number of nitrogen functional groups attached to an aromatic ring is 1. The van der Waals surface area contributed by atoms with Crippen LogP contribution >= 0.6 is 23.8 Å². The number of benzene rings is 2. The Hall–Kier alpha value is -1.99. The normalized spacial score (nSPS) is 11.1. The van der Waals surface area contributed by atoms with Crippen molar-refractivity contribution in [2.24, 2.45) is 0 Å². The van der Waals surface area contributed by atoms with E-state index >= 15 is 0 Å². The molecule has 3 nitrogen and oxygen atoms in total. The molecule has 0 saturated carbocycles. The molecule has 0 aliphatic rings. The molecule has 0 unspecified atom stereocenters. The Morgan fingerprint density at radius 1 is 1.13 bits per heavy atom. The summed E-state index contributed by atoms with van der Waals surface area (Å²) in [5, 5.41) is 5.45. The van der Waals surface area contributed by atoms with Gasteiger partial charge in [0.1, 0.15) is 0 Å². The Morgan fingerprint density at radius 2 is 1.78 bits per heavy atom. The Kier molecular flexibility index (Phi) is 5.33. The molecule has 0 aliphatic heterocycles. The standard InChI is InChI=1S/C15H13ClF3N3S/c16-13-6-5-11(7-12(13)15(17,18)19)22-14(23)21-8-9-1-3-10(20)4-2-9/h1-7H,8,20H2,(H2,21,22,23). The highest BCUT2D eigenvalue weighted by atomic mass is 35.5. The minimum Gasteiger partial charge on any atom is -0.399 e. The molecule has 0 spiro atoms. The van der Waals surface area contributed by atoms with Crippen LogP contribution < -0.4 is 16.4 Å². The molecular formula is C15H13ClF3N3S. The van der Waals surface area contributed by atoms with Crippen LogP contribution in [-0.4, -0.2) is 5.11 Å². The first kappa shape index (κ1) is 17.4. The third-order valence-corrected chi connectivity index (χ3v) is 3.54. The summed E-state index contributed by atoms with van der Waals surface area (Å²) in [6.45, 7) is 0.422. The molecule has 0 fully saturated rings. The zero-order valence-electron chi connectivity index (χ0n) is 11.7. The fourth-order valence-corrected chi connectivity index (χ4v) is 2.23. The van der Waals surface area contributed by atoms with Crippen LogP contribution in [0.2, 0.25) is 5.02 Å². The molecule has 0 heterocycles. The second kappa shape index (κ2) is 7.06. The van der Waals surface area contributed by atoms with Gasteiger partial charge in [-0.2, -0.15) is 13.2 Å². The zero-order valence-corrected chi connectivity index (χ0v) is 13.3. The van der Waals surface area contributed by atoms with Crippen LogP contribution in [0.15, 0.2) is 42.5 Å². The Morgan fingerprint density at radius 3 is 2.39 bits per heavy atom. The van der Waals surface area contributed by atoms with Gasteiger partial charge in [0.2, 0.25) is 0 Å². The van der Waals surface area contributed by atoms with Gasteiger partial charge in [-0.3, -0.25) is 0 Å². The Bertz CT molecular complexity index is 702. The van der Waals surface area contributed by atoms with Crippen LogP contribution in [0.1, 0.15) is 11.1 Å². The summed E-state index contributed by atoms with van der Waals surface area (Å²) in [6.07, 6.45) is -4.52. The van der Waals surface area contributed by atoms with Crippen molar-refractivity contribution in [1.82, 2.24) is 5.32 Å². The molecule has 0 amide bonds. The number of hydrogen-bond donors (Lipinski definition) is 3. The number of nitrogens with one attached hydrogen (secondary N) is 2. The maximum Gasteiger partial charge on any atom is 0.417 e. The van der Waals surface area contributed by atoms with E-state index < -0.39 is 11.7 Å². The number of hydrogen-bond acceptors (Lipinski definition) is 2. The molecule has 122 valence electrons. The lowest BCUT2D eigenvalue weighted by Crippen LogP contribution is -2.28. The van der Waals surface area contributed by atoms with Gasteiger partial charge in [-0.15, -0.1) is 0 Å². The summed E-state index contributed by atoms with van der Waals surface area (Å²) in [5.41, 5.74) is 6.47. The van der Waals surface area contributed by atoms with E-state index in [1.165, 1.54) is 12.1 Å². The van der Waals surface area contributed by atoms with Gasteiger partial charge in [0, 0.05) is 17.9 Å². The van der Waals surface area contributed by atoms with E-state index in [0.717, 1.165) is 11.6 Å². The van der Waals surface area contributed by atoms with Crippen LogP contribution in [0.3, 0.4) is 0 Å². The number of thiocarbonyl (C=S) groups is 1. The Labute approximate surface area is 141 Å². The maximum absolute atomic E-state index is 12.8. The van der Waals surface area contributed by atoms with Gasteiger partial charge < -0.3 is 16.4 Å². The highest BCUT2D eigenvalue weighted by molar-refractivity contribution is 7.80.